The molecule has 2 aromatic rings. The van der Waals surface area contributed by atoms with Crippen molar-refractivity contribution in [3.63, 3.8) is 0 Å². The van der Waals surface area contributed by atoms with Gasteiger partial charge in [-0.15, -0.1) is 0 Å². The molecule has 0 N–H and O–H groups in total. The zero-order chi connectivity index (χ0) is 19.9. The lowest BCUT2D eigenvalue weighted by Crippen LogP contribution is -2.08. The summed E-state index contributed by atoms with van der Waals surface area (Å²) in [6.07, 6.45) is 1.13. The van der Waals surface area contributed by atoms with Crippen LogP contribution in [0.15, 0.2) is 47.4 Å². The first-order valence-electron chi connectivity index (χ1n) is 8.25. The Morgan fingerprint density at radius 1 is 0.963 bits per heavy atom. The number of benzene rings is 2. The van der Waals surface area contributed by atoms with E-state index in [1.54, 1.807) is 12.1 Å². The highest BCUT2D eigenvalue weighted by atomic mass is 32.2. The number of carbonyl (C=O) groups excluding carboxylic acids is 1. The molecule has 0 saturated heterocycles. The predicted octanol–water partition coefficient (Wildman–Crippen LogP) is 3.08. The average Bonchev–Trinajstić information content (AvgIpc) is 2.64. The van der Waals surface area contributed by atoms with Crippen LogP contribution in [-0.4, -0.2) is 47.6 Å². The van der Waals surface area contributed by atoms with Gasteiger partial charge < -0.3 is 18.9 Å². The molecule has 0 aliphatic heterocycles. The summed E-state index contributed by atoms with van der Waals surface area (Å²) in [5.74, 6) is 0.684. The first-order valence-corrected chi connectivity index (χ1v) is 10.1. The Morgan fingerprint density at radius 3 is 2.22 bits per heavy atom. The van der Waals surface area contributed by atoms with E-state index >= 15 is 0 Å². The molecule has 2 rings (SSSR count). The number of methoxy groups -OCH3 is 1. The van der Waals surface area contributed by atoms with Crippen LogP contribution in [0.3, 0.4) is 0 Å². The van der Waals surface area contributed by atoms with Crippen LogP contribution in [0, 0.1) is 0 Å². The van der Waals surface area contributed by atoms with E-state index in [9.17, 15) is 13.2 Å². The smallest absolute Gasteiger partial charge is 0.338 e. The van der Waals surface area contributed by atoms with E-state index in [2.05, 4.69) is 0 Å². The Hall–Kier alpha value is -2.58. The standard InChI is InChI=1S/C19H22O7S/c1-4-24-9-10-25-16-11-14(19(20)23-2)12-17(13-16)26-15-5-7-18(8-6-15)27(3,21)22/h5-8,11-13H,4,9-10H2,1-3H3. The number of ether oxygens (including phenoxy) is 4. The van der Waals surface area contributed by atoms with Gasteiger partial charge in [-0.3, -0.25) is 0 Å². The molecule has 27 heavy (non-hydrogen) atoms. The van der Waals surface area contributed by atoms with E-state index in [0.717, 1.165) is 6.26 Å². The minimum atomic E-state index is -3.28. The summed E-state index contributed by atoms with van der Waals surface area (Å²) in [6.45, 7) is 3.21. The fourth-order valence-electron chi connectivity index (χ4n) is 2.20. The van der Waals surface area contributed by atoms with Gasteiger partial charge in [-0.2, -0.15) is 0 Å². The third-order valence-electron chi connectivity index (χ3n) is 3.49. The largest absolute Gasteiger partial charge is 0.491 e. The van der Waals surface area contributed by atoms with E-state index in [0.29, 0.717) is 37.1 Å². The minimum Gasteiger partial charge on any atom is -0.491 e. The topological polar surface area (TPSA) is 88.1 Å². The molecule has 0 unspecified atom stereocenters. The zero-order valence-electron chi connectivity index (χ0n) is 15.4. The first-order chi connectivity index (χ1) is 12.8. The molecule has 0 spiro atoms. The monoisotopic (exact) mass is 394 g/mol. The summed E-state index contributed by atoms with van der Waals surface area (Å²) in [7, 11) is -2.00. The van der Waals surface area contributed by atoms with Crippen molar-refractivity contribution in [3.05, 3.63) is 48.0 Å². The molecule has 2 aromatic carbocycles. The van der Waals surface area contributed by atoms with Crippen LogP contribution in [0.25, 0.3) is 0 Å². The normalized spacial score (nSPS) is 11.1. The maximum Gasteiger partial charge on any atom is 0.338 e. The van der Waals surface area contributed by atoms with Crippen molar-refractivity contribution in [1.29, 1.82) is 0 Å². The van der Waals surface area contributed by atoms with Gasteiger partial charge in [-0.1, -0.05) is 0 Å². The Labute approximate surface area is 158 Å². The van der Waals surface area contributed by atoms with Gasteiger partial charge in [0, 0.05) is 18.9 Å². The van der Waals surface area contributed by atoms with E-state index < -0.39 is 15.8 Å². The minimum absolute atomic E-state index is 0.193. The summed E-state index contributed by atoms with van der Waals surface area (Å²) >= 11 is 0. The molecule has 0 radical (unpaired) electrons. The molecule has 0 amide bonds. The van der Waals surface area contributed by atoms with E-state index in [-0.39, 0.29) is 10.5 Å². The number of sulfone groups is 1. The average molecular weight is 394 g/mol. The summed E-state index contributed by atoms with van der Waals surface area (Å²) in [5, 5.41) is 0. The number of hydrogen-bond acceptors (Lipinski definition) is 7. The molecule has 0 fully saturated rings. The quantitative estimate of drug-likeness (QED) is 0.477. The van der Waals surface area contributed by atoms with E-state index in [4.69, 9.17) is 18.9 Å². The second kappa shape index (κ2) is 9.38. The van der Waals surface area contributed by atoms with Crippen LogP contribution < -0.4 is 9.47 Å². The number of rotatable bonds is 9. The summed E-state index contributed by atoms with van der Waals surface area (Å²) in [5.41, 5.74) is 0.272. The van der Waals surface area contributed by atoms with Crippen molar-refractivity contribution < 1.29 is 32.2 Å². The molecule has 0 atom stereocenters. The molecule has 0 aliphatic carbocycles. The summed E-state index contributed by atoms with van der Waals surface area (Å²) in [6, 6.07) is 10.7. The van der Waals surface area contributed by atoms with Crippen LogP contribution in [-0.2, 0) is 19.3 Å². The molecule has 0 heterocycles. The fourth-order valence-corrected chi connectivity index (χ4v) is 2.83. The van der Waals surface area contributed by atoms with E-state index in [1.165, 1.54) is 37.4 Å². The second-order valence-electron chi connectivity index (χ2n) is 5.58. The van der Waals surface area contributed by atoms with Gasteiger partial charge >= 0.3 is 5.97 Å². The molecular formula is C19H22O7S. The lowest BCUT2D eigenvalue weighted by Gasteiger charge is -2.12. The molecular weight excluding hydrogens is 372 g/mol. The summed E-state index contributed by atoms with van der Waals surface area (Å²) in [4.78, 5) is 12.1. The fraction of sp³-hybridized carbons (Fsp3) is 0.316. The number of hydrogen-bond donors (Lipinski definition) is 0. The van der Waals surface area contributed by atoms with Crippen LogP contribution in [0.4, 0.5) is 0 Å². The lowest BCUT2D eigenvalue weighted by molar-refractivity contribution is 0.0599. The first kappa shape index (κ1) is 20.7. The van der Waals surface area contributed by atoms with Gasteiger partial charge in [0.1, 0.15) is 23.9 Å². The van der Waals surface area contributed by atoms with Gasteiger partial charge in [0.05, 0.1) is 24.2 Å². The molecule has 0 bridgehead atoms. The summed E-state index contributed by atoms with van der Waals surface area (Å²) < 4.78 is 44.4. The van der Waals surface area contributed by atoms with Crippen molar-refractivity contribution in [2.24, 2.45) is 0 Å². The van der Waals surface area contributed by atoms with Gasteiger partial charge in [-0.05, 0) is 43.3 Å². The molecule has 0 saturated carbocycles. The predicted molar refractivity (Wildman–Crippen MR) is 99.4 cm³/mol. The van der Waals surface area contributed by atoms with Crippen LogP contribution in [0.5, 0.6) is 17.2 Å². The number of carbonyl (C=O) groups is 1. The lowest BCUT2D eigenvalue weighted by atomic mass is 10.2. The van der Waals surface area contributed by atoms with E-state index in [1.807, 2.05) is 6.92 Å². The molecule has 7 nitrogen and oxygen atoms in total. The van der Waals surface area contributed by atoms with Crippen molar-refractivity contribution >= 4 is 15.8 Å². The van der Waals surface area contributed by atoms with Crippen molar-refractivity contribution in [2.45, 2.75) is 11.8 Å². The highest BCUT2D eigenvalue weighted by molar-refractivity contribution is 7.90. The van der Waals surface area contributed by atoms with Gasteiger partial charge in [0.2, 0.25) is 0 Å². The van der Waals surface area contributed by atoms with Crippen molar-refractivity contribution in [2.75, 3.05) is 33.2 Å². The third-order valence-corrected chi connectivity index (χ3v) is 4.62. The van der Waals surface area contributed by atoms with Gasteiger partial charge in [0.15, 0.2) is 9.84 Å². The number of esters is 1. The molecule has 8 heteroatoms. The maximum absolute atomic E-state index is 11.9. The Morgan fingerprint density at radius 2 is 1.63 bits per heavy atom. The molecule has 0 aromatic heterocycles. The highest BCUT2D eigenvalue weighted by Crippen LogP contribution is 2.28. The van der Waals surface area contributed by atoms with Crippen molar-refractivity contribution in [1.82, 2.24) is 0 Å². The van der Waals surface area contributed by atoms with Gasteiger partial charge in [0.25, 0.3) is 0 Å². The molecule has 146 valence electrons. The van der Waals surface area contributed by atoms with Crippen molar-refractivity contribution in [3.8, 4) is 17.2 Å². The maximum atomic E-state index is 11.9. The SMILES string of the molecule is CCOCCOc1cc(Oc2ccc(S(C)(=O)=O)cc2)cc(C(=O)OC)c1. The van der Waals surface area contributed by atoms with Crippen LogP contribution >= 0.6 is 0 Å². The van der Waals surface area contributed by atoms with Gasteiger partial charge in [-0.25, -0.2) is 13.2 Å². The Kier molecular flexibility index (Phi) is 7.20. The second-order valence-corrected chi connectivity index (χ2v) is 7.59. The zero-order valence-corrected chi connectivity index (χ0v) is 16.2. The Bertz CT molecular complexity index is 873. The molecule has 0 aliphatic rings. The highest BCUT2D eigenvalue weighted by Gasteiger charge is 2.12. The third kappa shape index (κ3) is 6.26. The Balaban J connectivity index is 2.22. The van der Waals surface area contributed by atoms with Crippen LogP contribution in [0.2, 0.25) is 0 Å². The van der Waals surface area contributed by atoms with Crippen LogP contribution in [0.1, 0.15) is 17.3 Å².